The van der Waals surface area contributed by atoms with Gasteiger partial charge in [0.25, 0.3) is 11.4 Å². The number of benzene rings is 2. The van der Waals surface area contributed by atoms with Crippen molar-refractivity contribution in [3.8, 4) is 11.5 Å². The summed E-state index contributed by atoms with van der Waals surface area (Å²) in [5.74, 6) is -3.62. The van der Waals surface area contributed by atoms with Gasteiger partial charge in [-0.2, -0.15) is 16.8 Å². The Kier molecular flexibility index (Phi) is 18.3. The number of ether oxygens (including phenoxy) is 10. The first-order valence-electron chi connectivity index (χ1n) is 21.4. The number of hydrogen-bond acceptors (Lipinski definition) is 22. The SMILES string of the molecule is CC1(C)OC2[C@H](OC(COS(=O)(=O)Oc3ccc([N+](=O)[O-])cc3)[C@@H]3OC(C)(C)O[C@H]23)O1.CC1(C)OC2[C@H](OC(CO[Si](C)(C)C)[C@@H]3OC(C)(C)O[C@H]23)O1.O=[N+]([O-])c1ccc(OS(=O)(=O)F)cc1.[2H][B].[U]. The van der Waals surface area contributed by atoms with Gasteiger partial charge in [0.1, 0.15) is 60.3 Å². The van der Waals surface area contributed by atoms with E-state index in [0.29, 0.717) is 6.61 Å². The van der Waals surface area contributed by atoms with E-state index >= 15 is 0 Å². The van der Waals surface area contributed by atoms with Crippen LogP contribution in [0, 0.1) is 51.3 Å². The average molecular weight is 1270 g/mol. The van der Waals surface area contributed by atoms with Crippen molar-refractivity contribution in [2.75, 3.05) is 13.2 Å². The molecule has 6 aliphatic heterocycles. The van der Waals surface area contributed by atoms with E-state index in [9.17, 15) is 40.9 Å². The van der Waals surface area contributed by atoms with Crippen molar-refractivity contribution in [1.82, 2.24) is 0 Å². The van der Waals surface area contributed by atoms with E-state index in [1.165, 1.54) is 0 Å². The molecule has 6 saturated heterocycles. The summed E-state index contributed by atoms with van der Waals surface area (Å²) in [6.45, 7) is 21.1. The summed E-state index contributed by atoms with van der Waals surface area (Å²) < 4.78 is 141. The third-order valence-electron chi connectivity index (χ3n) is 10.0. The van der Waals surface area contributed by atoms with Crippen LogP contribution in [0.25, 0.3) is 0 Å². The van der Waals surface area contributed by atoms with Gasteiger partial charge in [-0.15, -0.1) is 0 Å². The van der Waals surface area contributed by atoms with Crippen LogP contribution < -0.4 is 8.37 Å². The Morgan fingerprint density at radius 2 is 0.928 bits per heavy atom. The molecule has 2 aromatic rings. The van der Waals surface area contributed by atoms with Gasteiger partial charge in [-0.25, -0.2) is 4.18 Å². The second-order valence-corrected chi connectivity index (χ2v) is 25.3. The Bertz CT molecular complexity index is 2340. The summed E-state index contributed by atoms with van der Waals surface area (Å²) in [6, 6.07) is 8.50. The Morgan fingerprint density at radius 3 is 1.29 bits per heavy atom. The van der Waals surface area contributed by atoms with Gasteiger partial charge in [0.05, 0.1) is 23.1 Å². The van der Waals surface area contributed by atoms with Gasteiger partial charge in [0.2, 0.25) is 0 Å². The molecule has 4 unspecified atom stereocenters. The van der Waals surface area contributed by atoms with Crippen molar-refractivity contribution in [3.63, 3.8) is 0 Å². The monoisotopic (exact) mass is 1270 g/mol. The van der Waals surface area contributed by atoms with Crippen LogP contribution in [0.1, 0.15) is 55.4 Å². The third kappa shape index (κ3) is 16.3. The topological polar surface area (TPSA) is 284 Å². The number of nitro benzene ring substituents is 2. The largest absolute Gasteiger partial charge is 0.488 e. The van der Waals surface area contributed by atoms with Crippen molar-refractivity contribution in [2.24, 2.45) is 0 Å². The molecular formula is C39H56BFN2O22S2SiU. The first-order chi connectivity index (χ1) is 31.7. The van der Waals surface area contributed by atoms with E-state index in [-0.39, 0.29) is 78.4 Å². The fourth-order valence-corrected chi connectivity index (χ4v) is 9.34. The van der Waals surface area contributed by atoms with E-state index in [1.54, 1.807) is 27.7 Å². The first-order valence-corrected chi connectivity index (χ1v) is 26.8. The molecule has 24 nitrogen and oxygen atoms in total. The molecule has 6 fully saturated rings. The number of hydrogen-bond donors (Lipinski definition) is 0. The molecule has 0 bridgehead atoms. The molecule has 10 atom stereocenters. The molecule has 0 amide bonds. The summed E-state index contributed by atoms with van der Waals surface area (Å²) in [5, 5.41) is 20.9. The van der Waals surface area contributed by atoms with Crippen LogP contribution in [-0.2, 0) is 76.9 Å². The predicted octanol–water partition coefficient (Wildman–Crippen LogP) is 4.41. The van der Waals surface area contributed by atoms with Gasteiger partial charge in [0.15, 0.2) is 44.0 Å². The van der Waals surface area contributed by atoms with Crippen LogP contribution >= 0.6 is 0 Å². The summed E-state index contributed by atoms with van der Waals surface area (Å²) in [7, 11) is -7.45. The van der Waals surface area contributed by atoms with Crippen LogP contribution in [0.15, 0.2) is 48.5 Å². The second kappa shape index (κ2) is 21.9. The van der Waals surface area contributed by atoms with E-state index in [2.05, 4.69) is 32.2 Å². The number of nitrogens with zero attached hydrogens (tertiary/aromatic N) is 2. The maximum Gasteiger partial charge on any atom is 0.488 e. The van der Waals surface area contributed by atoms with E-state index in [4.69, 9.17) is 61.5 Å². The standard InChI is InChI=1S/C18H23NO11S.C15H28O6Si.C6H4FNO5S.BH.U/c1-17(2)26-13-12(25-16-15(14(13)27-17)28-18(3,4)29-16)9-24-31(22,23)30-11-7-5-10(6-8-11)19(20)21;1-14(2)18-10-9(8-16-22(5,6)7)17-13-12(11(10)19-14)20-15(3,4)21-13;7-14(11,12)13-6-3-1-5(2-4-6)8(9)10;;/h5-8,12-16H,9H2,1-4H3;9-13H,8H2,1-7H3;1-4H;1H;/t12?,13-,14-,15?,16+;9?,10-,11-,12?,13+;;;/m00.../s1/i;;;1D;. The molecule has 30 heteroatoms. The number of halogens is 1. The smallest absolute Gasteiger partial charge is 0.415 e. The molecule has 0 spiro atoms. The van der Waals surface area contributed by atoms with E-state index in [1.807, 2.05) is 27.7 Å². The van der Waals surface area contributed by atoms with Crippen LogP contribution in [0.4, 0.5) is 15.3 Å². The molecule has 2 radical (unpaired) electrons. The Labute approximate surface area is 427 Å². The average Bonchev–Trinajstić information content (AvgIpc) is 3.93. The minimum absolute atomic E-state index is 0. The number of non-ortho nitro benzene ring substituents is 2. The van der Waals surface area contributed by atoms with E-state index in [0.717, 1.165) is 48.5 Å². The molecule has 69 heavy (non-hydrogen) atoms. The second-order valence-electron chi connectivity index (χ2n) is 18.6. The van der Waals surface area contributed by atoms with Crippen molar-refractivity contribution >= 4 is 49.0 Å². The van der Waals surface area contributed by atoms with Crippen molar-refractivity contribution in [1.29, 1.82) is 1.34 Å². The van der Waals surface area contributed by atoms with E-state index < -0.39 is 106 Å². The Hall–Kier alpha value is -2.48. The molecule has 0 aromatic heterocycles. The van der Waals surface area contributed by atoms with Crippen molar-refractivity contribution in [2.45, 2.75) is 160 Å². The zero-order valence-electron chi connectivity index (χ0n) is 40.5. The molecule has 8 rings (SSSR count). The predicted molar refractivity (Wildman–Crippen MR) is 234 cm³/mol. The zero-order chi connectivity index (χ0) is 51.7. The van der Waals surface area contributed by atoms with Crippen LogP contribution in [-0.4, -0.2) is 142 Å². The molecule has 0 saturated carbocycles. The summed E-state index contributed by atoms with van der Waals surface area (Å²) in [6.07, 6.45) is -4.74. The molecular weight excluding hydrogens is 1210 g/mol. The quantitative estimate of drug-likeness (QED) is 0.123. The number of rotatable bonds is 12. The zero-order valence-corrected chi connectivity index (χ0v) is 46.3. The maximum absolute atomic E-state index is 12.2. The minimum atomic E-state index is -5.08. The van der Waals surface area contributed by atoms with Gasteiger partial charge in [-0.1, -0.05) is 3.89 Å². The molecule has 384 valence electrons. The first kappa shape index (κ1) is 57.4. The van der Waals surface area contributed by atoms with Gasteiger partial charge in [-0.3, -0.25) is 20.2 Å². The molecule has 6 heterocycles. The fraction of sp³-hybridized carbons (Fsp3) is 0.692. The van der Waals surface area contributed by atoms with Gasteiger partial charge < -0.3 is 60.2 Å². The van der Waals surface area contributed by atoms with Crippen LogP contribution in [0.5, 0.6) is 11.5 Å². The summed E-state index contributed by atoms with van der Waals surface area (Å²) in [5.41, 5.74) is -0.446. The molecule has 0 aliphatic carbocycles. The van der Waals surface area contributed by atoms with Gasteiger partial charge in [-0.05, 0) is 101 Å². The van der Waals surface area contributed by atoms with Gasteiger partial charge >= 0.3 is 20.9 Å². The summed E-state index contributed by atoms with van der Waals surface area (Å²) in [4.78, 5) is 19.6. The third-order valence-corrected chi connectivity index (χ3v) is 12.3. The van der Waals surface area contributed by atoms with Crippen LogP contribution in [0.3, 0.4) is 0 Å². The van der Waals surface area contributed by atoms with Gasteiger partial charge in [0, 0.05) is 63.8 Å². The number of nitro groups is 2. The molecule has 0 N–H and O–H groups in total. The number of fused-ring (bicyclic) bond motifs is 6. The summed E-state index contributed by atoms with van der Waals surface area (Å²) >= 11 is 0. The maximum atomic E-state index is 12.2. The van der Waals surface area contributed by atoms with Crippen molar-refractivity contribution in [3.05, 3.63) is 68.8 Å². The van der Waals surface area contributed by atoms with Crippen molar-refractivity contribution < 1.29 is 126 Å². The Balaban J connectivity index is 0.000000239. The van der Waals surface area contributed by atoms with Crippen LogP contribution in [0.2, 0.25) is 19.6 Å². The minimum Gasteiger partial charge on any atom is -0.415 e. The molecule has 2 aromatic carbocycles. The Morgan fingerprint density at radius 1 is 0.594 bits per heavy atom. The molecule has 6 aliphatic rings. The fourth-order valence-electron chi connectivity index (χ4n) is 7.64. The normalized spacial score (nSPS) is 31.0.